The van der Waals surface area contributed by atoms with E-state index in [9.17, 15) is 18.0 Å². The molecule has 8 nitrogen and oxygen atoms in total. The van der Waals surface area contributed by atoms with Gasteiger partial charge in [0.2, 0.25) is 0 Å². The number of hydrogen-bond acceptors (Lipinski definition) is 6. The number of amides is 1. The van der Waals surface area contributed by atoms with E-state index in [-0.39, 0.29) is 16.2 Å². The first kappa shape index (κ1) is 25.8. The summed E-state index contributed by atoms with van der Waals surface area (Å²) in [6, 6.07) is 27.5. The Morgan fingerprint density at radius 2 is 1.46 bits per heavy atom. The van der Waals surface area contributed by atoms with Gasteiger partial charge in [0.1, 0.15) is 5.75 Å². The fraction of sp³-hybridized carbons (Fsp3) is 0. The van der Waals surface area contributed by atoms with Gasteiger partial charge in [-0.3, -0.25) is 9.52 Å². The van der Waals surface area contributed by atoms with E-state index in [2.05, 4.69) is 31.2 Å². The summed E-state index contributed by atoms with van der Waals surface area (Å²) in [5.41, 5.74) is 3.85. The standard InChI is InChI=1S/C27H20BrN3O5S/c28-22-13-16-25(36-27(33)20-7-3-1-4-8-20)21(17-22)18-29-30-26(32)19-11-14-23(15-12-19)31-37(34,35)24-9-5-2-6-10-24/h1-18,31H,(H,30,32)/b29-18-. The Balaban J connectivity index is 1.41. The molecule has 2 N–H and O–H groups in total. The molecular weight excluding hydrogens is 558 g/mol. The molecule has 0 fully saturated rings. The Morgan fingerprint density at radius 3 is 2.14 bits per heavy atom. The number of benzene rings is 4. The minimum absolute atomic E-state index is 0.132. The number of ether oxygens (including phenoxy) is 1. The number of anilines is 1. The van der Waals surface area contributed by atoms with Crippen molar-refractivity contribution < 1.29 is 22.7 Å². The van der Waals surface area contributed by atoms with Crippen LogP contribution in [0.5, 0.6) is 5.75 Å². The van der Waals surface area contributed by atoms with Crippen LogP contribution in [0.25, 0.3) is 0 Å². The predicted molar refractivity (Wildman–Crippen MR) is 144 cm³/mol. The van der Waals surface area contributed by atoms with Crippen LogP contribution in [0.4, 0.5) is 5.69 Å². The van der Waals surface area contributed by atoms with Crippen molar-refractivity contribution in [3.8, 4) is 5.75 Å². The highest BCUT2D eigenvalue weighted by molar-refractivity contribution is 9.10. The number of carbonyl (C=O) groups excluding carboxylic acids is 2. The summed E-state index contributed by atoms with van der Waals surface area (Å²) >= 11 is 3.37. The third kappa shape index (κ3) is 6.90. The number of nitrogens with zero attached hydrogens (tertiary/aromatic N) is 1. The maximum atomic E-state index is 12.5. The van der Waals surface area contributed by atoms with Crippen molar-refractivity contribution in [3.05, 3.63) is 124 Å². The molecule has 0 atom stereocenters. The number of esters is 1. The predicted octanol–water partition coefficient (Wildman–Crippen LogP) is 5.23. The minimum Gasteiger partial charge on any atom is -0.422 e. The molecule has 1 amide bonds. The van der Waals surface area contributed by atoms with Gasteiger partial charge in [-0.05, 0) is 66.7 Å². The Hall–Kier alpha value is -4.28. The van der Waals surface area contributed by atoms with Gasteiger partial charge in [-0.25, -0.2) is 18.6 Å². The zero-order chi connectivity index (χ0) is 26.3. The lowest BCUT2D eigenvalue weighted by Crippen LogP contribution is -2.18. The molecule has 0 saturated heterocycles. The molecule has 10 heteroatoms. The Morgan fingerprint density at radius 1 is 0.811 bits per heavy atom. The molecule has 0 heterocycles. The lowest BCUT2D eigenvalue weighted by Gasteiger charge is -2.09. The molecular formula is C27H20BrN3O5S. The third-order valence-corrected chi connectivity index (χ3v) is 6.90. The Kier molecular flexibility index (Phi) is 8.11. The largest absolute Gasteiger partial charge is 0.422 e. The van der Waals surface area contributed by atoms with Crippen molar-refractivity contribution in [3.63, 3.8) is 0 Å². The number of rotatable bonds is 8. The van der Waals surface area contributed by atoms with Gasteiger partial charge < -0.3 is 4.74 Å². The van der Waals surface area contributed by atoms with Crippen molar-refractivity contribution in [2.75, 3.05) is 4.72 Å². The van der Waals surface area contributed by atoms with Crippen molar-refractivity contribution in [2.45, 2.75) is 4.90 Å². The van der Waals surface area contributed by atoms with Crippen molar-refractivity contribution in [1.29, 1.82) is 0 Å². The second-order valence-corrected chi connectivity index (χ2v) is 10.2. The molecule has 0 unspecified atom stereocenters. The molecule has 0 aliphatic carbocycles. The summed E-state index contributed by atoms with van der Waals surface area (Å²) < 4.78 is 33.6. The van der Waals surface area contributed by atoms with Crippen LogP contribution in [0.3, 0.4) is 0 Å². The molecule has 4 aromatic rings. The van der Waals surface area contributed by atoms with E-state index in [1.165, 1.54) is 42.6 Å². The highest BCUT2D eigenvalue weighted by atomic mass is 79.9. The zero-order valence-electron chi connectivity index (χ0n) is 19.2. The first-order valence-corrected chi connectivity index (χ1v) is 13.2. The monoisotopic (exact) mass is 577 g/mol. The highest BCUT2D eigenvalue weighted by Crippen LogP contribution is 2.23. The van der Waals surface area contributed by atoms with E-state index in [1.807, 2.05) is 0 Å². The van der Waals surface area contributed by atoms with E-state index in [0.29, 0.717) is 16.8 Å². The van der Waals surface area contributed by atoms with Gasteiger partial charge in [-0.1, -0.05) is 52.3 Å². The quantitative estimate of drug-likeness (QED) is 0.129. The van der Waals surface area contributed by atoms with Gasteiger partial charge in [0.05, 0.1) is 16.7 Å². The Bertz CT molecular complexity index is 1540. The summed E-state index contributed by atoms with van der Waals surface area (Å²) in [6.45, 7) is 0. The molecule has 186 valence electrons. The summed E-state index contributed by atoms with van der Waals surface area (Å²) in [5.74, 6) is -0.763. The van der Waals surface area contributed by atoms with Gasteiger partial charge in [-0.2, -0.15) is 5.10 Å². The molecule has 0 aromatic heterocycles. The molecule has 0 saturated carbocycles. The van der Waals surface area contributed by atoms with E-state index < -0.39 is 21.9 Å². The summed E-state index contributed by atoms with van der Waals surface area (Å²) in [7, 11) is -3.74. The molecule has 4 rings (SSSR count). The van der Waals surface area contributed by atoms with Gasteiger partial charge in [0.25, 0.3) is 15.9 Å². The summed E-state index contributed by atoms with van der Waals surface area (Å²) in [4.78, 5) is 25.1. The molecule has 0 radical (unpaired) electrons. The number of hydrazone groups is 1. The third-order valence-electron chi connectivity index (χ3n) is 5.01. The molecule has 0 aliphatic heterocycles. The SMILES string of the molecule is O=C(N/N=C\c1cc(Br)ccc1OC(=O)c1ccccc1)c1ccc(NS(=O)(=O)c2ccccc2)cc1. The van der Waals surface area contributed by atoms with Crippen LogP contribution in [0, 0.1) is 0 Å². The highest BCUT2D eigenvalue weighted by Gasteiger charge is 2.14. The lowest BCUT2D eigenvalue weighted by molar-refractivity contribution is 0.0734. The molecule has 37 heavy (non-hydrogen) atoms. The lowest BCUT2D eigenvalue weighted by atomic mass is 10.2. The van der Waals surface area contributed by atoms with Crippen LogP contribution in [-0.2, 0) is 10.0 Å². The molecule has 0 spiro atoms. The topological polar surface area (TPSA) is 114 Å². The van der Waals surface area contributed by atoms with Crippen molar-refractivity contribution in [1.82, 2.24) is 5.43 Å². The minimum atomic E-state index is -3.74. The number of sulfonamides is 1. The smallest absolute Gasteiger partial charge is 0.343 e. The number of hydrogen-bond donors (Lipinski definition) is 2. The van der Waals surface area contributed by atoms with Crippen LogP contribution in [0.1, 0.15) is 26.3 Å². The first-order valence-electron chi connectivity index (χ1n) is 10.9. The number of nitrogens with one attached hydrogen (secondary N) is 2. The summed E-state index contributed by atoms with van der Waals surface area (Å²) in [6.07, 6.45) is 1.36. The van der Waals surface area contributed by atoms with Gasteiger partial charge >= 0.3 is 5.97 Å². The molecule has 0 aliphatic rings. The Labute approximate surface area is 222 Å². The van der Waals surface area contributed by atoms with Crippen molar-refractivity contribution in [2.24, 2.45) is 5.10 Å². The molecule has 0 bridgehead atoms. The number of carbonyl (C=O) groups is 2. The van der Waals surface area contributed by atoms with Crippen LogP contribution >= 0.6 is 15.9 Å². The van der Waals surface area contributed by atoms with Gasteiger partial charge in [0.15, 0.2) is 0 Å². The fourth-order valence-corrected chi connectivity index (χ4v) is 4.63. The van der Waals surface area contributed by atoms with Crippen LogP contribution in [0.15, 0.2) is 118 Å². The number of halogens is 1. The molecule has 4 aromatic carbocycles. The maximum Gasteiger partial charge on any atom is 0.343 e. The van der Waals surface area contributed by atoms with E-state index in [1.54, 1.807) is 66.7 Å². The van der Waals surface area contributed by atoms with E-state index >= 15 is 0 Å². The maximum absolute atomic E-state index is 12.5. The van der Waals surface area contributed by atoms with Crippen molar-refractivity contribution >= 4 is 49.7 Å². The van der Waals surface area contributed by atoms with Crippen LogP contribution < -0.4 is 14.9 Å². The van der Waals surface area contributed by atoms with E-state index in [0.717, 1.165) is 4.47 Å². The van der Waals surface area contributed by atoms with Gasteiger partial charge in [-0.15, -0.1) is 0 Å². The fourth-order valence-electron chi connectivity index (χ4n) is 3.17. The van der Waals surface area contributed by atoms with Crippen LogP contribution in [0.2, 0.25) is 0 Å². The first-order chi connectivity index (χ1) is 17.8. The van der Waals surface area contributed by atoms with Gasteiger partial charge in [0, 0.05) is 21.3 Å². The van der Waals surface area contributed by atoms with E-state index in [4.69, 9.17) is 4.74 Å². The van der Waals surface area contributed by atoms with Crippen LogP contribution in [-0.4, -0.2) is 26.5 Å². The average molecular weight is 578 g/mol. The average Bonchev–Trinajstić information content (AvgIpc) is 2.91. The summed E-state index contributed by atoms with van der Waals surface area (Å²) in [5, 5.41) is 3.97. The second-order valence-electron chi connectivity index (χ2n) is 7.63. The second kappa shape index (κ2) is 11.6. The zero-order valence-corrected chi connectivity index (χ0v) is 21.6. The normalized spacial score (nSPS) is 11.2.